The van der Waals surface area contributed by atoms with Crippen molar-refractivity contribution in [3.8, 4) is 5.75 Å². The van der Waals surface area contributed by atoms with Gasteiger partial charge in [0.2, 0.25) is 0 Å². The van der Waals surface area contributed by atoms with Gasteiger partial charge < -0.3 is 15.2 Å². The third-order valence-electron chi connectivity index (χ3n) is 3.12. The van der Waals surface area contributed by atoms with Crippen molar-refractivity contribution in [3.63, 3.8) is 0 Å². The van der Waals surface area contributed by atoms with Gasteiger partial charge in [-0.3, -0.25) is 4.90 Å². The summed E-state index contributed by atoms with van der Waals surface area (Å²) >= 11 is 0. The van der Waals surface area contributed by atoms with Crippen LogP contribution in [0.5, 0.6) is 5.75 Å². The van der Waals surface area contributed by atoms with E-state index in [2.05, 4.69) is 6.07 Å². The van der Waals surface area contributed by atoms with Crippen LogP contribution < -0.4 is 84.3 Å². The Bertz CT molecular complexity index is 386. The van der Waals surface area contributed by atoms with Crippen LogP contribution in [0.3, 0.4) is 0 Å². The van der Waals surface area contributed by atoms with Crippen LogP contribution in [-0.2, 0) is 4.74 Å². The second-order valence-corrected chi connectivity index (χ2v) is 4.11. The Labute approximate surface area is 154 Å². The Morgan fingerprint density at radius 1 is 1.31 bits per heavy atom. The molecule has 2 unspecified atom stereocenters. The summed E-state index contributed by atoms with van der Waals surface area (Å²) in [5.41, 5.74) is 7.73. The van der Waals surface area contributed by atoms with E-state index in [1.54, 1.807) is 0 Å². The predicted molar refractivity (Wildman–Crippen MR) is 56.4 cm³/mol. The molecule has 1 saturated heterocycles. The fourth-order valence-corrected chi connectivity index (χ4v) is 2.33. The second kappa shape index (κ2) is 5.62. The molecule has 2 heterocycles. The Morgan fingerprint density at radius 2 is 2.19 bits per heavy atom. The van der Waals surface area contributed by atoms with Crippen molar-refractivity contribution >= 4 is 11.4 Å². The number of fused-ring (bicyclic) bond motifs is 3. The van der Waals surface area contributed by atoms with Gasteiger partial charge in [0.25, 0.3) is 0 Å². The molecular weight excluding hydrogens is 325 g/mol. The van der Waals surface area contributed by atoms with Crippen molar-refractivity contribution in [3.05, 3.63) is 18.2 Å². The van der Waals surface area contributed by atoms with E-state index in [9.17, 15) is 0 Å². The van der Waals surface area contributed by atoms with Gasteiger partial charge in [-0.25, -0.2) is 0 Å². The molecular formula is C11H15CsN2O2+2. The summed E-state index contributed by atoms with van der Waals surface area (Å²) in [5.74, 6) is 0.933. The van der Waals surface area contributed by atoms with Crippen LogP contribution in [0.1, 0.15) is 0 Å². The molecule has 0 amide bonds. The van der Waals surface area contributed by atoms with E-state index < -0.39 is 0 Å². The molecule has 80 valence electrons. The monoisotopic (exact) mass is 340 g/mol. The number of rotatable bonds is 0. The first-order chi connectivity index (χ1) is 7.34. The molecule has 3 rings (SSSR count). The maximum absolute atomic E-state index is 5.74. The molecule has 16 heavy (non-hydrogen) atoms. The number of quaternary nitrogens is 1. The number of ether oxygens (including phenoxy) is 2. The fourth-order valence-electron chi connectivity index (χ4n) is 2.33. The van der Waals surface area contributed by atoms with Crippen LogP contribution in [0.15, 0.2) is 18.2 Å². The van der Waals surface area contributed by atoms with Crippen molar-refractivity contribution in [2.45, 2.75) is 6.04 Å². The van der Waals surface area contributed by atoms with Gasteiger partial charge in [-0.2, -0.15) is 0 Å². The van der Waals surface area contributed by atoms with Crippen LogP contribution >= 0.6 is 0 Å². The summed E-state index contributed by atoms with van der Waals surface area (Å²) in [6, 6.07) is 6.35. The molecule has 4 nitrogen and oxygen atoms in total. The molecule has 0 saturated carbocycles. The van der Waals surface area contributed by atoms with Gasteiger partial charge in [-0.05, 0) is 6.07 Å². The molecule has 0 radical (unpaired) electrons. The number of morpholine rings is 1. The first-order valence-electron chi connectivity index (χ1n) is 5.31. The molecule has 1 aromatic carbocycles. The number of anilines is 1. The quantitative estimate of drug-likeness (QED) is 0.484. The number of hydrogen-bond donors (Lipinski definition) is 2. The number of nitrogens with one attached hydrogen (secondary N) is 1. The number of nitrogens with two attached hydrogens (primary N) is 1. The zero-order valence-corrected chi connectivity index (χ0v) is 15.8. The third-order valence-corrected chi connectivity index (χ3v) is 3.12. The maximum atomic E-state index is 5.74. The van der Waals surface area contributed by atoms with Crippen molar-refractivity contribution in [1.82, 2.24) is 0 Å². The molecule has 5 heteroatoms. The van der Waals surface area contributed by atoms with Crippen LogP contribution in [-0.4, -0.2) is 32.4 Å². The standard InChI is InChI=1S/C11H14N2O2.Cs/c12-8-1-2-10-11(5-8)15-7-9-6-14-4-3-13(9)10;/h1-2,5,9H,3-4,6-7,12H2;/q;+1/p+1. The largest absolute Gasteiger partial charge is 1.00 e. The molecule has 3 N–H and O–H groups in total. The van der Waals surface area contributed by atoms with Crippen LogP contribution in [0.4, 0.5) is 11.4 Å². The number of benzene rings is 1. The molecule has 1 fully saturated rings. The summed E-state index contributed by atoms with van der Waals surface area (Å²) < 4.78 is 11.1. The molecule has 0 spiro atoms. The summed E-state index contributed by atoms with van der Waals surface area (Å²) in [5, 5.41) is 0. The van der Waals surface area contributed by atoms with E-state index in [1.807, 2.05) is 12.1 Å². The summed E-state index contributed by atoms with van der Waals surface area (Å²) in [6.45, 7) is 3.37. The molecule has 2 aliphatic heterocycles. The molecule has 0 aliphatic carbocycles. The van der Waals surface area contributed by atoms with Gasteiger partial charge in [-0.1, -0.05) is 0 Å². The molecule has 2 aliphatic rings. The Kier molecular flexibility index (Phi) is 4.65. The first kappa shape index (κ1) is 13.2. The smallest absolute Gasteiger partial charge is 0.481 e. The summed E-state index contributed by atoms with van der Waals surface area (Å²) in [6.07, 6.45) is 0. The van der Waals surface area contributed by atoms with Crippen LogP contribution in [0.2, 0.25) is 0 Å². The zero-order chi connectivity index (χ0) is 10.3. The average molecular weight is 340 g/mol. The third kappa shape index (κ3) is 2.46. The minimum Gasteiger partial charge on any atom is -0.481 e. The van der Waals surface area contributed by atoms with Gasteiger partial charge in [0.05, 0.1) is 6.61 Å². The second-order valence-electron chi connectivity index (χ2n) is 4.11. The molecule has 0 bridgehead atoms. The molecule has 1 aromatic rings. The summed E-state index contributed by atoms with van der Waals surface area (Å²) in [4.78, 5) is 1.47. The van der Waals surface area contributed by atoms with Crippen molar-refractivity contribution in [1.29, 1.82) is 0 Å². The number of hydrogen-bond acceptors (Lipinski definition) is 3. The first-order valence-corrected chi connectivity index (χ1v) is 5.31. The van der Waals surface area contributed by atoms with E-state index in [1.165, 1.54) is 10.6 Å². The maximum Gasteiger partial charge on any atom is 1.00 e. The van der Waals surface area contributed by atoms with E-state index in [-0.39, 0.29) is 68.9 Å². The zero-order valence-electron chi connectivity index (χ0n) is 9.53. The van der Waals surface area contributed by atoms with E-state index in [4.69, 9.17) is 15.2 Å². The Balaban J connectivity index is 0.000000963. The Morgan fingerprint density at radius 3 is 3.06 bits per heavy atom. The van der Waals surface area contributed by atoms with Crippen LogP contribution in [0.25, 0.3) is 0 Å². The predicted octanol–water partition coefficient (Wildman–Crippen LogP) is -3.42. The molecule has 2 atom stereocenters. The van der Waals surface area contributed by atoms with Gasteiger partial charge in [0.15, 0.2) is 17.5 Å². The average Bonchev–Trinajstić information content (AvgIpc) is 2.28. The number of nitrogen functional groups attached to an aromatic ring is 1. The summed E-state index contributed by atoms with van der Waals surface area (Å²) in [7, 11) is 0. The van der Waals surface area contributed by atoms with Gasteiger partial charge in [-0.15, -0.1) is 0 Å². The van der Waals surface area contributed by atoms with Gasteiger partial charge >= 0.3 is 68.9 Å². The van der Waals surface area contributed by atoms with E-state index in [0.29, 0.717) is 6.04 Å². The topological polar surface area (TPSA) is 48.9 Å². The fraction of sp³-hybridized carbons (Fsp3) is 0.455. The van der Waals surface area contributed by atoms with Crippen molar-refractivity contribution in [2.24, 2.45) is 0 Å². The van der Waals surface area contributed by atoms with Crippen molar-refractivity contribution in [2.75, 3.05) is 32.1 Å². The SMILES string of the molecule is Nc1ccc2c(c1)OCC1COCC[NH+]21.[Cs+]. The minimum absolute atomic E-state index is 0. The normalized spacial score (nSPS) is 27.0. The van der Waals surface area contributed by atoms with Gasteiger partial charge in [0.1, 0.15) is 19.8 Å². The van der Waals surface area contributed by atoms with Gasteiger partial charge in [0, 0.05) is 17.8 Å². The minimum atomic E-state index is 0. The van der Waals surface area contributed by atoms with E-state index in [0.717, 1.165) is 37.8 Å². The Hall–Kier alpha value is 0.792. The molecule has 0 aromatic heterocycles. The van der Waals surface area contributed by atoms with Crippen LogP contribution in [0, 0.1) is 0 Å². The van der Waals surface area contributed by atoms with Crippen molar-refractivity contribution < 1.29 is 83.3 Å². The van der Waals surface area contributed by atoms with E-state index >= 15 is 0 Å².